The van der Waals surface area contributed by atoms with Crippen molar-refractivity contribution in [2.24, 2.45) is 0 Å². The summed E-state index contributed by atoms with van der Waals surface area (Å²) in [6, 6.07) is 0.301. The minimum Gasteiger partial charge on any atom is -0.463 e. The summed E-state index contributed by atoms with van der Waals surface area (Å²) >= 11 is 0. The Balaban J connectivity index is 2.22. The maximum atomic E-state index is 11.9. The Morgan fingerprint density at radius 3 is 2.60 bits per heavy atom. The number of carbonyl (C=O) groups is 1. The molecule has 0 aromatic rings. The van der Waals surface area contributed by atoms with Crippen molar-refractivity contribution < 1.29 is 14.0 Å². The summed E-state index contributed by atoms with van der Waals surface area (Å²) in [6.07, 6.45) is 5.83. The van der Waals surface area contributed by atoms with Crippen LogP contribution >= 0.6 is 0 Å². The van der Waals surface area contributed by atoms with E-state index in [0.29, 0.717) is 12.6 Å². The number of hydrogen-bond acceptors (Lipinski definition) is 4. The van der Waals surface area contributed by atoms with Gasteiger partial charge in [0.1, 0.15) is 0 Å². The zero-order valence-corrected chi connectivity index (χ0v) is 18.0. The minimum atomic E-state index is -1.83. The van der Waals surface area contributed by atoms with E-state index < -0.39 is 8.32 Å². The Morgan fingerprint density at radius 2 is 2.00 bits per heavy atom. The summed E-state index contributed by atoms with van der Waals surface area (Å²) in [5.74, 6) is -0.230. The molecular weight excluding hydrogens is 330 g/mol. The van der Waals surface area contributed by atoms with Crippen LogP contribution in [0.3, 0.4) is 0 Å². The molecule has 2 rings (SSSR count). The van der Waals surface area contributed by atoms with Crippen LogP contribution in [0.4, 0.5) is 0 Å². The van der Waals surface area contributed by atoms with Gasteiger partial charge < -0.3 is 14.5 Å². The molecule has 2 atom stereocenters. The lowest BCUT2D eigenvalue weighted by Gasteiger charge is -2.44. The maximum Gasteiger partial charge on any atom is 0.331 e. The number of ether oxygens (including phenoxy) is 1. The third-order valence-corrected chi connectivity index (χ3v) is 10.3. The zero-order valence-electron chi connectivity index (χ0n) is 17.0. The van der Waals surface area contributed by atoms with Gasteiger partial charge in [-0.1, -0.05) is 20.8 Å². The molecule has 0 fully saturated rings. The van der Waals surface area contributed by atoms with Gasteiger partial charge in [-0.15, -0.1) is 0 Å². The van der Waals surface area contributed by atoms with Crippen molar-refractivity contribution in [1.82, 2.24) is 5.32 Å². The van der Waals surface area contributed by atoms with Crippen LogP contribution in [0.15, 0.2) is 22.9 Å². The molecule has 2 aliphatic rings. The first kappa shape index (κ1) is 20.2. The molecule has 0 radical (unpaired) electrons. The van der Waals surface area contributed by atoms with E-state index in [1.807, 2.05) is 6.92 Å². The Morgan fingerprint density at radius 1 is 1.32 bits per heavy atom. The van der Waals surface area contributed by atoms with Gasteiger partial charge in [0.05, 0.1) is 12.7 Å². The number of nitrogens with one attached hydrogen (secondary N) is 1. The van der Waals surface area contributed by atoms with E-state index in [-0.39, 0.29) is 17.1 Å². The van der Waals surface area contributed by atoms with Crippen LogP contribution in [0, 0.1) is 0 Å². The average molecular weight is 366 g/mol. The molecular formula is C20H35NO3Si. The highest BCUT2D eigenvalue weighted by molar-refractivity contribution is 6.74. The van der Waals surface area contributed by atoms with Gasteiger partial charge in [0.15, 0.2) is 8.32 Å². The zero-order chi connectivity index (χ0) is 18.8. The van der Waals surface area contributed by atoms with Gasteiger partial charge in [0, 0.05) is 24.2 Å². The van der Waals surface area contributed by atoms with Crippen LogP contribution < -0.4 is 5.32 Å². The molecule has 1 N–H and O–H groups in total. The number of esters is 1. The Bertz CT molecular complexity index is 572. The molecule has 0 saturated carbocycles. The molecule has 142 valence electrons. The molecule has 4 nitrogen and oxygen atoms in total. The SMILES string of the molecule is CCOC(=O)/C=C1\CCCC2=C1C[C@@H](O[Si](C)(C)C(C)(C)C)[C@H](C)N2. The van der Waals surface area contributed by atoms with Gasteiger partial charge in [-0.2, -0.15) is 0 Å². The molecule has 0 amide bonds. The highest BCUT2D eigenvalue weighted by Crippen LogP contribution is 2.41. The largest absolute Gasteiger partial charge is 0.463 e. The topological polar surface area (TPSA) is 47.6 Å². The molecule has 0 bridgehead atoms. The van der Waals surface area contributed by atoms with Crippen molar-refractivity contribution >= 4 is 14.3 Å². The molecule has 0 spiro atoms. The summed E-state index contributed by atoms with van der Waals surface area (Å²) in [6.45, 7) is 15.9. The van der Waals surface area contributed by atoms with Crippen LogP contribution in [0.5, 0.6) is 0 Å². The number of allylic oxidation sites excluding steroid dienone is 2. The van der Waals surface area contributed by atoms with E-state index in [4.69, 9.17) is 9.16 Å². The lowest BCUT2D eigenvalue weighted by atomic mass is 9.83. The Hall–Kier alpha value is -1.07. The summed E-state index contributed by atoms with van der Waals surface area (Å²) < 4.78 is 11.8. The van der Waals surface area contributed by atoms with Gasteiger partial charge in [0.25, 0.3) is 0 Å². The highest BCUT2D eigenvalue weighted by atomic mass is 28.4. The van der Waals surface area contributed by atoms with Crippen LogP contribution in [0.1, 0.15) is 60.3 Å². The van der Waals surface area contributed by atoms with Crippen molar-refractivity contribution in [1.29, 1.82) is 0 Å². The van der Waals surface area contributed by atoms with E-state index in [9.17, 15) is 4.79 Å². The van der Waals surface area contributed by atoms with Gasteiger partial charge >= 0.3 is 5.97 Å². The van der Waals surface area contributed by atoms with Crippen molar-refractivity contribution in [3.8, 4) is 0 Å². The van der Waals surface area contributed by atoms with E-state index in [0.717, 1.165) is 31.3 Å². The molecule has 0 aromatic carbocycles. The third kappa shape index (κ3) is 4.76. The summed E-state index contributed by atoms with van der Waals surface area (Å²) in [7, 11) is -1.83. The number of hydrogen-bond donors (Lipinski definition) is 1. The molecule has 0 saturated heterocycles. The normalized spacial score (nSPS) is 26.3. The van der Waals surface area contributed by atoms with Crippen molar-refractivity contribution in [3.63, 3.8) is 0 Å². The average Bonchev–Trinajstić information content (AvgIpc) is 2.47. The first-order chi connectivity index (χ1) is 11.5. The van der Waals surface area contributed by atoms with Crippen molar-refractivity contribution in [2.75, 3.05) is 6.61 Å². The van der Waals surface area contributed by atoms with Crippen molar-refractivity contribution in [2.45, 2.75) is 90.6 Å². The second kappa shape index (κ2) is 7.66. The molecule has 25 heavy (non-hydrogen) atoms. The summed E-state index contributed by atoms with van der Waals surface area (Å²) in [5, 5.41) is 3.85. The Labute approximate surface area is 154 Å². The fraction of sp³-hybridized carbons (Fsp3) is 0.750. The summed E-state index contributed by atoms with van der Waals surface area (Å²) in [4.78, 5) is 11.9. The predicted molar refractivity (Wildman–Crippen MR) is 105 cm³/mol. The lowest BCUT2D eigenvalue weighted by Crippen LogP contribution is -2.51. The number of rotatable bonds is 4. The van der Waals surface area contributed by atoms with E-state index in [2.05, 4.69) is 46.1 Å². The van der Waals surface area contributed by atoms with Gasteiger partial charge in [-0.05, 0) is 62.4 Å². The standard InChI is InChI=1S/C20H35NO3Si/c1-8-23-19(22)12-15-10-9-11-17-16(15)13-18(14(2)21-17)24-25(6,7)20(3,4)5/h12,14,18,21H,8-11,13H2,1-7H3/b15-12+/t14-,18+/m0/s1. The van der Waals surface area contributed by atoms with Crippen LogP contribution in [0.2, 0.25) is 18.1 Å². The highest BCUT2D eigenvalue weighted by Gasteiger charge is 2.42. The second-order valence-electron chi connectivity index (χ2n) is 8.79. The first-order valence-corrected chi connectivity index (χ1v) is 12.5. The van der Waals surface area contributed by atoms with Crippen molar-refractivity contribution in [3.05, 3.63) is 22.9 Å². The lowest BCUT2D eigenvalue weighted by molar-refractivity contribution is -0.137. The molecule has 0 aromatic heterocycles. The monoisotopic (exact) mass is 365 g/mol. The first-order valence-electron chi connectivity index (χ1n) is 9.59. The fourth-order valence-electron chi connectivity index (χ4n) is 3.29. The van der Waals surface area contributed by atoms with Gasteiger partial charge in [0.2, 0.25) is 0 Å². The van der Waals surface area contributed by atoms with Crippen LogP contribution in [-0.4, -0.2) is 33.0 Å². The molecule has 1 aliphatic carbocycles. The quantitative estimate of drug-likeness (QED) is 0.446. The number of carbonyl (C=O) groups excluding carboxylic acids is 1. The maximum absolute atomic E-state index is 11.9. The third-order valence-electron chi connectivity index (χ3n) is 5.82. The molecule has 0 unspecified atom stereocenters. The molecule has 1 aliphatic heterocycles. The van der Waals surface area contributed by atoms with E-state index >= 15 is 0 Å². The van der Waals surface area contributed by atoms with E-state index in [1.165, 1.54) is 11.3 Å². The van der Waals surface area contributed by atoms with Crippen LogP contribution in [-0.2, 0) is 14.0 Å². The van der Waals surface area contributed by atoms with Gasteiger partial charge in [-0.25, -0.2) is 4.79 Å². The Kier molecular flexibility index (Phi) is 6.20. The molecule has 5 heteroatoms. The summed E-state index contributed by atoms with van der Waals surface area (Å²) in [5.41, 5.74) is 3.70. The predicted octanol–water partition coefficient (Wildman–Crippen LogP) is 4.69. The van der Waals surface area contributed by atoms with Crippen LogP contribution in [0.25, 0.3) is 0 Å². The fourth-order valence-corrected chi connectivity index (χ4v) is 4.69. The minimum absolute atomic E-state index is 0.156. The second-order valence-corrected chi connectivity index (χ2v) is 13.5. The molecule has 1 heterocycles. The van der Waals surface area contributed by atoms with Gasteiger partial charge in [-0.3, -0.25) is 0 Å². The van der Waals surface area contributed by atoms with E-state index in [1.54, 1.807) is 6.08 Å². The smallest absolute Gasteiger partial charge is 0.331 e.